The van der Waals surface area contributed by atoms with Gasteiger partial charge in [-0.3, -0.25) is 4.79 Å². The number of piperidine rings is 1. The second-order valence-electron chi connectivity index (χ2n) is 4.79. The van der Waals surface area contributed by atoms with Crippen LogP contribution < -0.4 is 0 Å². The van der Waals surface area contributed by atoms with Gasteiger partial charge in [0, 0.05) is 6.04 Å². The van der Waals surface area contributed by atoms with Crippen molar-refractivity contribution < 1.29 is 14.6 Å². The summed E-state index contributed by atoms with van der Waals surface area (Å²) in [6.45, 7) is 8.10. The minimum Gasteiger partial charge on any atom is -0.465 e. The minimum absolute atomic E-state index is 0.0994. The zero-order chi connectivity index (χ0) is 12.2. The van der Waals surface area contributed by atoms with Crippen LogP contribution in [0.3, 0.4) is 0 Å². The Morgan fingerprint density at radius 1 is 1.44 bits per heavy atom. The van der Waals surface area contributed by atoms with Crippen molar-refractivity contribution in [3.63, 3.8) is 0 Å². The maximum atomic E-state index is 11.8. The molecular formula is C12H23NO3. The van der Waals surface area contributed by atoms with Crippen molar-refractivity contribution in [3.05, 3.63) is 0 Å². The first-order valence-electron chi connectivity index (χ1n) is 6.08. The monoisotopic (exact) mass is 229 g/mol. The van der Waals surface area contributed by atoms with E-state index in [1.54, 1.807) is 6.92 Å². The molecule has 0 amide bonds. The Labute approximate surface area is 97.6 Å². The summed E-state index contributed by atoms with van der Waals surface area (Å²) in [5.41, 5.74) is -0.651. The molecule has 0 aromatic rings. The van der Waals surface area contributed by atoms with Crippen molar-refractivity contribution in [2.45, 2.75) is 39.7 Å². The fourth-order valence-corrected chi connectivity index (χ4v) is 2.18. The van der Waals surface area contributed by atoms with E-state index in [1.165, 1.54) is 0 Å². The molecule has 1 rings (SSSR count). The molecule has 4 heteroatoms. The number of nitrogens with zero attached hydrogens (tertiary/aromatic N) is 1. The molecule has 1 aliphatic rings. The topological polar surface area (TPSA) is 49.8 Å². The molecule has 0 radical (unpaired) electrons. The Balaban J connectivity index is 2.61. The number of rotatable bonds is 4. The van der Waals surface area contributed by atoms with Gasteiger partial charge in [-0.05, 0) is 46.7 Å². The van der Waals surface area contributed by atoms with Crippen LogP contribution in [0.25, 0.3) is 0 Å². The largest absolute Gasteiger partial charge is 0.465 e. The highest BCUT2D eigenvalue weighted by Gasteiger charge is 2.42. The van der Waals surface area contributed by atoms with E-state index >= 15 is 0 Å². The van der Waals surface area contributed by atoms with Gasteiger partial charge in [-0.2, -0.15) is 0 Å². The molecular weight excluding hydrogens is 206 g/mol. The third kappa shape index (κ3) is 2.74. The van der Waals surface area contributed by atoms with Crippen LogP contribution in [0.1, 0.15) is 33.6 Å². The first-order valence-corrected chi connectivity index (χ1v) is 6.08. The van der Waals surface area contributed by atoms with E-state index in [4.69, 9.17) is 4.74 Å². The third-order valence-corrected chi connectivity index (χ3v) is 3.50. The number of aliphatic hydroxyl groups excluding tert-OH is 1. The van der Waals surface area contributed by atoms with Crippen LogP contribution in [0.4, 0.5) is 0 Å². The van der Waals surface area contributed by atoms with Crippen LogP contribution in [0, 0.1) is 5.41 Å². The van der Waals surface area contributed by atoms with Gasteiger partial charge in [-0.1, -0.05) is 0 Å². The number of carbonyl (C=O) groups is 1. The van der Waals surface area contributed by atoms with Crippen molar-refractivity contribution in [3.8, 4) is 0 Å². The van der Waals surface area contributed by atoms with Crippen LogP contribution in [0.15, 0.2) is 0 Å². The predicted octanol–water partition coefficient (Wildman–Crippen LogP) is 1.03. The highest BCUT2D eigenvalue weighted by molar-refractivity contribution is 5.77. The fourth-order valence-electron chi connectivity index (χ4n) is 2.18. The van der Waals surface area contributed by atoms with Gasteiger partial charge in [-0.25, -0.2) is 0 Å². The first-order chi connectivity index (χ1) is 7.55. The predicted molar refractivity (Wildman–Crippen MR) is 62.1 cm³/mol. The molecule has 1 heterocycles. The molecule has 0 bridgehead atoms. The Kier molecular flexibility index (Phi) is 4.74. The SMILES string of the molecule is CCOC(=O)C1(CO)CCN(C(C)C)CC1. The lowest BCUT2D eigenvalue weighted by Gasteiger charge is -2.40. The quantitative estimate of drug-likeness (QED) is 0.732. The highest BCUT2D eigenvalue weighted by Crippen LogP contribution is 2.33. The smallest absolute Gasteiger partial charge is 0.314 e. The summed E-state index contributed by atoms with van der Waals surface area (Å²) in [6.07, 6.45) is 1.39. The average molecular weight is 229 g/mol. The van der Waals surface area contributed by atoms with Gasteiger partial charge in [0.2, 0.25) is 0 Å². The number of aliphatic hydroxyl groups is 1. The maximum Gasteiger partial charge on any atom is 0.314 e. The Hall–Kier alpha value is -0.610. The van der Waals surface area contributed by atoms with E-state index in [0.717, 1.165) is 13.1 Å². The third-order valence-electron chi connectivity index (χ3n) is 3.50. The van der Waals surface area contributed by atoms with Crippen molar-refractivity contribution in [2.24, 2.45) is 5.41 Å². The summed E-state index contributed by atoms with van der Waals surface area (Å²) >= 11 is 0. The zero-order valence-electron chi connectivity index (χ0n) is 10.5. The molecule has 0 aromatic heterocycles. The van der Waals surface area contributed by atoms with Crippen molar-refractivity contribution in [2.75, 3.05) is 26.3 Å². The number of ether oxygens (including phenoxy) is 1. The maximum absolute atomic E-state index is 11.8. The van der Waals surface area contributed by atoms with Gasteiger partial charge in [0.1, 0.15) is 0 Å². The number of hydrogen-bond donors (Lipinski definition) is 1. The summed E-state index contributed by atoms with van der Waals surface area (Å²) in [7, 11) is 0. The molecule has 94 valence electrons. The second-order valence-corrected chi connectivity index (χ2v) is 4.79. The van der Waals surface area contributed by atoms with E-state index < -0.39 is 5.41 Å². The lowest BCUT2D eigenvalue weighted by atomic mass is 9.79. The molecule has 1 saturated heterocycles. The van der Waals surface area contributed by atoms with Crippen LogP contribution in [-0.4, -0.2) is 48.3 Å². The average Bonchev–Trinajstić information content (AvgIpc) is 2.29. The molecule has 1 fully saturated rings. The van der Waals surface area contributed by atoms with Gasteiger partial charge >= 0.3 is 5.97 Å². The molecule has 1 aliphatic heterocycles. The van der Waals surface area contributed by atoms with E-state index in [9.17, 15) is 9.90 Å². The molecule has 1 N–H and O–H groups in total. The molecule has 0 spiro atoms. The number of esters is 1. The zero-order valence-corrected chi connectivity index (χ0v) is 10.5. The van der Waals surface area contributed by atoms with Gasteiger partial charge in [0.05, 0.1) is 18.6 Å². The van der Waals surface area contributed by atoms with E-state index in [2.05, 4.69) is 18.7 Å². The lowest BCUT2D eigenvalue weighted by molar-refractivity contribution is -0.162. The van der Waals surface area contributed by atoms with E-state index in [-0.39, 0.29) is 12.6 Å². The van der Waals surface area contributed by atoms with E-state index in [1.807, 2.05) is 0 Å². The summed E-state index contributed by atoms with van der Waals surface area (Å²) in [5, 5.41) is 9.44. The Morgan fingerprint density at radius 3 is 2.38 bits per heavy atom. The van der Waals surface area contributed by atoms with Gasteiger partial charge < -0.3 is 14.7 Å². The fraction of sp³-hybridized carbons (Fsp3) is 0.917. The van der Waals surface area contributed by atoms with Crippen LogP contribution in [0.2, 0.25) is 0 Å². The van der Waals surface area contributed by atoms with Crippen LogP contribution in [-0.2, 0) is 9.53 Å². The number of hydrogen-bond acceptors (Lipinski definition) is 4. The molecule has 0 unspecified atom stereocenters. The summed E-state index contributed by atoms with van der Waals surface area (Å²) in [4.78, 5) is 14.2. The highest BCUT2D eigenvalue weighted by atomic mass is 16.5. The number of carbonyl (C=O) groups excluding carboxylic acids is 1. The summed E-state index contributed by atoms with van der Waals surface area (Å²) in [6, 6.07) is 0.499. The Bertz CT molecular complexity index is 232. The first kappa shape index (κ1) is 13.5. The molecule has 0 aliphatic carbocycles. The normalized spacial score (nSPS) is 21.1. The van der Waals surface area contributed by atoms with Gasteiger partial charge in [0.25, 0.3) is 0 Å². The standard InChI is InChI=1S/C12H23NO3/c1-4-16-11(15)12(9-14)5-7-13(8-6-12)10(2)3/h10,14H,4-9H2,1-3H3. The van der Waals surface area contributed by atoms with Crippen molar-refractivity contribution in [1.82, 2.24) is 4.90 Å². The number of likely N-dealkylation sites (tertiary alicyclic amines) is 1. The van der Waals surface area contributed by atoms with Crippen LogP contribution in [0.5, 0.6) is 0 Å². The molecule has 16 heavy (non-hydrogen) atoms. The molecule has 0 aromatic carbocycles. The van der Waals surface area contributed by atoms with Crippen LogP contribution >= 0.6 is 0 Å². The Morgan fingerprint density at radius 2 is 2.00 bits per heavy atom. The lowest BCUT2D eigenvalue weighted by Crippen LogP contribution is -2.49. The van der Waals surface area contributed by atoms with Crippen molar-refractivity contribution >= 4 is 5.97 Å². The summed E-state index contributed by atoms with van der Waals surface area (Å²) < 4.78 is 5.05. The van der Waals surface area contributed by atoms with Gasteiger partial charge in [0.15, 0.2) is 0 Å². The molecule has 4 nitrogen and oxygen atoms in total. The second kappa shape index (κ2) is 5.64. The molecule has 0 saturated carbocycles. The summed E-state index contributed by atoms with van der Waals surface area (Å²) in [5.74, 6) is -0.235. The molecule has 0 atom stereocenters. The van der Waals surface area contributed by atoms with E-state index in [0.29, 0.717) is 25.5 Å². The minimum atomic E-state index is -0.651. The van der Waals surface area contributed by atoms with Gasteiger partial charge in [-0.15, -0.1) is 0 Å². The van der Waals surface area contributed by atoms with Crippen molar-refractivity contribution in [1.29, 1.82) is 0 Å².